The molecule has 1 aromatic rings. The molecule has 0 atom stereocenters. The van der Waals surface area contributed by atoms with E-state index in [1.54, 1.807) is 4.90 Å². The number of aromatic amines is 1. The third kappa shape index (κ3) is 5.23. The Balaban J connectivity index is 1.28. The van der Waals surface area contributed by atoms with Crippen LogP contribution in [-0.4, -0.2) is 72.8 Å². The summed E-state index contributed by atoms with van der Waals surface area (Å²) in [5.74, 6) is -0.147. The maximum absolute atomic E-state index is 13.0. The van der Waals surface area contributed by atoms with E-state index in [2.05, 4.69) is 15.6 Å². The van der Waals surface area contributed by atoms with Crippen molar-refractivity contribution in [1.82, 2.24) is 24.8 Å². The molecular formula is C21H33N5O4S. The molecule has 172 valence electrons. The number of carbonyl (C=O) groups excluding carboxylic acids is 2. The van der Waals surface area contributed by atoms with Crippen LogP contribution in [0.25, 0.3) is 0 Å². The second-order valence-corrected chi connectivity index (χ2v) is 10.8. The molecule has 0 unspecified atom stereocenters. The lowest BCUT2D eigenvalue weighted by molar-refractivity contribution is 0.0787. The minimum atomic E-state index is -3.67. The zero-order chi connectivity index (χ0) is 21.8. The number of nitrogens with zero attached hydrogens (tertiary/aromatic N) is 2. The quantitative estimate of drug-likeness (QED) is 0.635. The van der Waals surface area contributed by atoms with Crippen LogP contribution in [0.15, 0.2) is 17.2 Å². The molecule has 3 heterocycles. The molecule has 3 aliphatic rings. The number of amides is 3. The van der Waals surface area contributed by atoms with E-state index in [1.165, 1.54) is 23.0 Å². The van der Waals surface area contributed by atoms with Gasteiger partial charge in [-0.3, -0.25) is 4.79 Å². The summed E-state index contributed by atoms with van der Waals surface area (Å²) in [5, 5.41) is 6.05. The summed E-state index contributed by atoms with van der Waals surface area (Å²) in [5.41, 5.74) is 0.316. The Morgan fingerprint density at radius 1 is 0.871 bits per heavy atom. The minimum Gasteiger partial charge on any atom is -0.356 e. The second kappa shape index (κ2) is 9.60. The molecule has 3 fully saturated rings. The highest BCUT2D eigenvalue weighted by atomic mass is 32.2. The van der Waals surface area contributed by atoms with Crippen molar-refractivity contribution in [2.75, 3.05) is 26.2 Å². The molecule has 2 aliphatic heterocycles. The van der Waals surface area contributed by atoms with Crippen LogP contribution in [0.2, 0.25) is 0 Å². The van der Waals surface area contributed by atoms with Gasteiger partial charge < -0.3 is 20.5 Å². The highest BCUT2D eigenvalue weighted by molar-refractivity contribution is 7.89. The Morgan fingerprint density at radius 3 is 2.13 bits per heavy atom. The molecule has 1 aliphatic carbocycles. The molecule has 9 nitrogen and oxygen atoms in total. The zero-order valence-corrected chi connectivity index (χ0v) is 18.8. The van der Waals surface area contributed by atoms with Gasteiger partial charge in [-0.15, -0.1) is 0 Å². The number of rotatable bonds is 5. The Bertz CT molecular complexity index is 879. The summed E-state index contributed by atoms with van der Waals surface area (Å²) in [4.78, 5) is 29.5. The van der Waals surface area contributed by atoms with Gasteiger partial charge in [0.05, 0.1) is 0 Å². The highest BCUT2D eigenvalue weighted by Gasteiger charge is 2.32. The third-order valence-corrected chi connectivity index (χ3v) is 8.52. The van der Waals surface area contributed by atoms with Crippen molar-refractivity contribution in [3.8, 4) is 0 Å². The Labute approximate surface area is 184 Å². The molecule has 0 aromatic carbocycles. The van der Waals surface area contributed by atoms with Crippen molar-refractivity contribution < 1.29 is 18.0 Å². The molecule has 10 heteroatoms. The fraction of sp³-hybridized carbons (Fsp3) is 0.714. The van der Waals surface area contributed by atoms with Gasteiger partial charge in [0.25, 0.3) is 5.91 Å². The van der Waals surface area contributed by atoms with E-state index in [4.69, 9.17) is 0 Å². The van der Waals surface area contributed by atoms with Crippen molar-refractivity contribution in [2.45, 2.75) is 74.8 Å². The Kier molecular flexibility index (Phi) is 6.86. The smallest absolute Gasteiger partial charge is 0.315 e. The van der Waals surface area contributed by atoms with E-state index in [0.29, 0.717) is 31.6 Å². The van der Waals surface area contributed by atoms with Crippen molar-refractivity contribution in [2.24, 2.45) is 0 Å². The molecule has 1 aromatic heterocycles. The number of nitrogens with one attached hydrogen (secondary N) is 3. The van der Waals surface area contributed by atoms with Gasteiger partial charge >= 0.3 is 6.03 Å². The number of aromatic nitrogens is 1. The normalized spacial score (nSPS) is 21.9. The average Bonchev–Trinajstić information content (AvgIpc) is 3.47. The summed E-state index contributed by atoms with van der Waals surface area (Å²) < 4.78 is 27.5. The van der Waals surface area contributed by atoms with Crippen LogP contribution in [0.4, 0.5) is 4.79 Å². The number of hydrogen-bond acceptors (Lipinski definition) is 4. The van der Waals surface area contributed by atoms with Gasteiger partial charge in [0.15, 0.2) is 0 Å². The predicted molar refractivity (Wildman–Crippen MR) is 116 cm³/mol. The largest absolute Gasteiger partial charge is 0.356 e. The summed E-state index contributed by atoms with van der Waals surface area (Å²) in [6.07, 6.45) is 10.1. The molecule has 3 N–H and O–H groups in total. The van der Waals surface area contributed by atoms with E-state index in [1.807, 2.05) is 0 Å². The first-order valence-corrected chi connectivity index (χ1v) is 12.9. The van der Waals surface area contributed by atoms with Gasteiger partial charge in [0.1, 0.15) is 10.6 Å². The Morgan fingerprint density at radius 2 is 1.48 bits per heavy atom. The van der Waals surface area contributed by atoms with Crippen LogP contribution >= 0.6 is 0 Å². The van der Waals surface area contributed by atoms with Crippen LogP contribution in [0, 0.1) is 0 Å². The van der Waals surface area contributed by atoms with Gasteiger partial charge in [0.2, 0.25) is 10.0 Å². The summed E-state index contributed by atoms with van der Waals surface area (Å²) in [7, 11) is -3.67. The molecule has 4 rings (SSSR count). The second-order valence-electron chi connectivity index (χ2n) is 8.88. The maximum atomic E-state index is 13.0. The topological polar surface area (TPSA) is 115 Å². The molecule has 31 heavy (non-hydrogen) atoms. The van der Waals surface area contributed by atoms with E-state index in [9.17, 15) is 18.0 Å². The van der Waals surface area contributed by atoms with Crippen LogP contribution in [-0.2, 0) is 10.0 Å². The van der Waals surface area contributed by atoms with Gasteiger partial charge in [-0.1, -0.05) is 19.3 Å². The molecule has 1 saturated carbocycles. The molecule has 0 bridgehead atoms. The number of urea groups is 1. The monoisotopic (exact) mass is 451 g/mol. The van der Waals surface area contributed by atoms with Gasteiger partial charge in [-0.2, -0.15) is 4.31 Å². The predicted octanol–water partition coefficient (Wildman–Crippen LogP) is 2.04. The number of likely N-dealkylation sites (tertiary alicyclic amines) is 1. The van der Waals surface area contributed by atoms with Crippen LogP contribution in [0.5, 0.6) is 0 Å². The molecule has 3 amide bonds. The van der Waals surface area contributed by atoms with E-state index >= 15 is 0 Å². The Hall–Kier alpha value is -2.07. The van der Waals surface area contributed by atoms with Crippen LogP contribution in [0.1, 0.15) is 68.3 Å². The van der Waals surface area contributed by atoms with E-state index < -0.39 is 10.0 Å². The summed E-state index contributed by atoms with van der Waals surface area (Å²) in [6.45, 7) is 2.12. The number of sulfonamides is 1. The standard InChI is InChI=1S/C21H33N5O4S/c27-20(25-10-4-5-11-25)19-14-18(15-22-19)31(29,30)26-12-8-17(9-13-26)24-21(28)23-16-6-2-1-3-7-16/h14-17,22H,1-13H2,(H2,23,24,28). The summed E-state index contributed by atoms with van der Waals surface area (Å²) >= 11 is 0. The van der Waals surface area contributed by atoms with Crippen LogP contribution in [0.3, 0.4) is 0 Å². The third-order valence-electron chi connectivity index (χ3n) is 6.65. The van der Waals surface area contributed by atoms with Crippen molar-refractivity contribution in [3.05, 3.63) is 18.0 Å². The number of H-pyrrole nitrogens is 1. The molecule has 0 spiro atoms. The lowest BCUT2D eigenvalue weighted by Gasteiger charge is -2.32. The molecule has 2 saturated heterocycles. The van der Waals surface area contributed by atoms with E-state index in [0.717, 1.165) is 51.6 Å². The van der Waals surface area contributed by atoms with Crippen molar-refractivity contribution >= 4 is 22.0 Å². The first-order chi connectivity index (χ1) is 14.9. The fourth-order valence-electron chi connectivity index (χ4n) is 4.79. The van der Waals surface area contributed by atoms with Gasteiger partial charge in [0, 0.05) is 44.5 Å². The van der Waals surface area contributed by atoms with Crippen molar-refractivity contribution in [3.63, 3.8) is 0 Å². The number of piperidine rings is 1. The van der Waals surface area contributed by atoms with Gasteiger partial charge in [-0.25, -0.2) is 13.2 Å². The fourth-order valence-corrected chi connectivity index (χ4v) is 6.25. The molecular weight excluding hydrogens is 418 g/mol. The van der Waals surface area contributed by atoms with E-state index in [-0.39, 0.29) is 28.9 Å². The first kappa shape index (κ1) is 22.1. The first-order valence-electron chi connectivity index (χ1n) is 11.5. The highest BCUT2D eigenvalue weighted by Crippen LogP contribution is 2.23. The SMILES string of the molecule is O=C(NC1CCCCC1)NC1CCN(S(=O)(=O)c2c[nH]c(C(=O)N3CCCC3)c2)CC1. The number of carbonyl (C=O) groups is 2. The lowest BCUT2D eigenvalue weighted by Crippen LogP contribution is -2.51. The van der Waals surface area contributed by atoms with Crippen molar-refractivity contribution in [1.29, 1.82) is 0 Å². The average molecular weight is 452 g/mol. The van der Waals surface area contributed by atoms with Crippen LogP contribution < -0.4 is 10.6 Å². The molecule has 0 radical (unpaired) electrons. The minimum absolute atomic E-state index is 0.0337. The summed E-state index contributed by atoms with van der Waals surface area (Å²) in [6, 6.07) is 1.51. The number of hydrogen-bond donors (Lipinski definition) is 3. The van der Waals surface area contributed by atoms with Gasteiger partial charge in [-0.05, 0) is 44.6 Å². The lowest BCUT2D eigenvalue weighted by atomic mass is 9.96. The zero-order valence-electron chi connectivity index (χ0n) is 17.9. The maximum Gasteiger partial charge on any atom is 0.315 e.